The molecule has 2 aliphatic rings. The van der Waals surface area contributed by atoms with Crippen molar-refractivity contribution in [1.29, 1.82) is 0 Å². The van der Waals surface area contributed by atoms with Gasteiger partial charge in [-0.05, 0) is 106 Å². The molecule has 2 saturated carbocycles. The van der Waals surface area contributed by atoms with E-state index in [0.717, 1.165) is 5.92 Å². The molecule has 0 spiro atoms. The summed E-state index contributed by atoms with van der Waals surface area (Å²) >= 11 is 0. The molecule has 2 aliphatic carbocycles. The van der Waals surface area contributed by atoms with E-state index < -0.39 is 0 Å². The molecule has 7 aromatic carbocycles. The average molecular weight is 662 g/mol. The number of nitrogens with zero attached hydrogens (tertiary/aromatic N) is 1. The lowest BCUT2D eigenvalue weighted by Crippen LogP contribution is -2.12. The topological polar surface area (TPSA) is 3.24 Å². The van der Waals surface area contributed by atoms with E-state index in [4.69, 9.17) is 0 Å². The summed E-state index contributed by atoms with van der Waals surface area (Å²) in [5, 5.41) is 5.03. The van der Waals surface area contributed by atoms with Gasteiger partial charge in [0.2, 0.25) is 0 Å². The fourth-order valence-corrected chi connectivity index (χ4v) is 9.10. The first kappa shape index (κ1) is 31.8. The summed E-state index contributed by atoms with van der Waals surface area (Å²) in [5.41, 5.74) is 11.6. The molecule has 1 nitrogen and oxygen atoms in total. The zero-order valence-corrected chi connectivity index (χ0v) is 29.6. The summed E-state index contributed by atoms with van der Waals surface area (Å²) in [6.07, 6.45) is 13.5. The number of fused-ring (bicyclic) bond motifs is 2. The third kappa shape index (κ3) is 6.36. The molecule has 0 aliphatic heterocycles. The maximum atomic E-state index is 2.51. The highest BCUT2D eigenvalue weighted by atomic mass is 15.1. The van der Waals surface area contributed by atoms with Crippen LogP contribution in [-0.4, -0.2) is 0 Å². The molecule has 252 valence electrons. The van der Waals surface area contributed by atoms with Crippen LogP contribution in [0.1, 0.15) is 87.2 Å². The molecule has 2 fully saturated rings. The Morgan fingerprint density at radius 2 is 0.824 bits per heavy atom. The second-order valence-electron chi connectivity index (χ2n) is 15.0. The lowest BCUT2D eigenvalue weighted by atomic mass is 9.84. The van der Waals surface area contributed by atoms with Gasteiger partial charge in [0.1, 0.15) is 0 Å². The summed E-state index contributed by atoms with van der Waals surface area (Å²) in [7, 11) is 0. The first-order valence-electron chi connectivity index (χ1n) is 19.4. The van der Waals surface area contributed by atoms with E-state index in [0.29, 0.717) is 5.92 Å². The first-order valence-corrected chi connectivity index (χ1v) is 19.4. The largest absolute Gasteiger partial charge is 0.309 e. The minimum atomic E-state index is 0.675. The van der Waals surface area contributed by atoms with Crippen LogP contribution < -0.4 is 4.90 Å². The van der Waals surface area contributed by atoms with Crippen LogP contribution in [0, 0.1) is 0 Å². The Morgan fingerprint density at radius 1 is 0.353 bits per heavy atom. The second kappa shape index (κ2) is 14.2. The number of hydrogen-bond acceptors (Lipinski definition) is 1. The monoisotopic (exact) mass is 661 g/mol. The molecule has 7 aromatic rings. The van der Waals surface area contributed by atoms with Gasteiger partial charge in [-0.1, -0.05) is 166 Å². The molecule has 0 unspecified atom stereocenters. The summed E-state index contributed by atoms with van der Waals surface area (Å²) in [6, 6.07) is 57.3. The first-order chi connectivity index (χ1) is 25.3. The zero-order valence-electron chi connectivity index (χ0n) is 29.6. The van der Waals surface area contributed by atoms with Crippen LogP contribution in [-0.2, 0) is 0 Å². The highest BCUT2D eigenvalue weighted by Crippen LogP contribution is 2.47. The van der Waals surface area contributed by atoms with Gasteiger partial charge in [-0.2, -0.15) is 0 Å². The Morgan fingerprint density at radius 3 is 1.43 bits per heavy atom. The van der Waals surface area contributed by atoms with Gasteiger partial charge in [0.25, 0.3) is 0 Å². The van der Waals surface area contributed by atoms with E-state index >= 15 is 0 Å². The standard InChI is InChI=1S/C50H47N/c1-3-12-36(13-4-1)38-22-24-39(25-23-38)41-28-33-45(34-29-41)51(44-31-26-40(27-32-44)37-14-5-2-6-15-37)50-47-20-10-8-17-43(47)30-35-49(50)48-21-11-18-42-16-7-9-19-46(42)48/h7-11,16-37H,1-6,12-15H2. The normalized spacial score (nSPS) is 15.7. The third-order valence-electron chi connectivity index (χ3n) is 11.9. The molecule has 0 N–H and O–H groups in total. The molecule has 0 atom stereocenters. The van der Waals surface area contributed by atoms with Crippen molar-refractivity contribution >= 4 is 38.6 Å². The summed E-state index contributed by atoms with van der Waals surface area (Å²) < 4.78 is 0. The van der Waals surface area contributed by atoms with Crippen molar-refractivity contribution in [1.82, 2.24) is 0 Å². The van der Waals surface area contributed by atoms with Gasteiger partial charge in [0.15, 0.2) is 0 Å². The predicted molar refractivity (Wildman–Crippen MR) is 219 cm³/mol. The van der Waals surface area contributed by atoms with E-state index in [2.05, 4.69) is 157 Å². The molecule has 0 aromatic heterocycles. The van der Waals surface area contributed by atoms with Crippen molar-refractivity contribution in [2.75, 3.05) is 4.90 Å². The van der Waals surface area contributed by atoms with Crippen LogP contribution in [0.25, 0.3) is 43.8 Å². The maximum Gasteiger partial charge on any atom is 0.0618 e. The SMILES string of the molecule is c1ccc2c(-c3ccc4ccccc4c3N(c3ccc(-c4ccc(C5CCCCC5)cc4)cc3)c3ccc(C4CCCCC4)cc3)cccc2c1. The molecular weight excluding hydrogens is 615 g/mol. The average Bonchev–Trinajstić information content (AvgIpc) is 3.22. The molecule has 0 amide bonds. The van der Waals surface area contributed by atoms with E-state index in [1.807, 2.05) is 0 Å². The van der Waals surface area contributed by atoms with E-state index in [-0.39, 0.29) is 0 Å². The molecule has 0 bridgehead atoms. The number of hydrogen-bond donors (Lipinski definition) is 0. The summed E-state index contributed by atoms with van der Waals surface area (Å²) in [4.78, 5) is 2.51. The zero-order chi connectivity index (χ0) is 34.0. The van der Waals surface area contributed by atoms with Gasteiger partial charge in [0, 0.05) is 22.3 Å². The third-order valence-corrected chi connectivity index (χ3v) is 11.9. The maximum absolute atomic E-state index is 2.51. The van der Waals surface area contributed by atoms with Crippen LogP contribution in [0.4, 0.5) is 17.1 Å². The van der Waals surface area contributed by atoms with Crippen LogP contribution >= 0.6 is 0 Å². The van der Waals surface area contributed by atoms with Crippen LogP contribution in [0.3, 0.4) is 0 Å². The van der Waals surface area contributed by atoms with E-state index in [1.54, 1.807) is 0 Å². The lowest BCUT2D eigenvalue weighted by molar-refractivity contribution is 0.443. The van der Waals surface area contributed by atoms with Gasteiger partial charge in [-0.3, -0.25) is 0 Å². The van der Waals surface area contributed by atoms with Crippen molar-refractivity contribution < 1.29 is 0 Å². The smallest absolute Gasteiger partial charge is 0.0618 e. The Balaban J connectivity index is 1.18. The molecule has 0 heterocycles. The van der Waals surface area contributed by atoms with Gasteiger partial charge >= 0.3 is 0 Å². The number of anilines is 3. The second-order valence-corrected chi connectivity index (χ2v) is 15.0. The molecule has 51 heavy (non-hydrogen) atoms. The van der Waals surface area contributed by atoms with Crippen molar-refractivity contribution in [2.24, 2.45) is 0 Å². The molecule has 0 saturated heterocycles. The number of benzene rings is 7. The Hall–Kier alpha value is -5.14. The van der Waals surface area contributed by atoms with Crippen LogP contribution in [0.2, 0.25) is 0 Å². The van der Waals surface area contributed by atoms with Crippen LogP contribution in [0.15, 0.2) is 152 Å². The summed E-state index contributed by atoms with van der Waals surface area (Å²) in [5.74, 6) is 1.40. The Bertz CT molecular complexity index is 2240. The van der Waals surface area contributed by atoms with Gasteiger partial charge in [-0.25, -0.2) is 0 Å². The highest BCUT2D eigenvalue weighted by Gasteiger charge is 2.23. The highest BCUT2D eigenvalue weighted by molar-refractivity contribution is 6.10. The fourth-order valence-electron chi connectivity index (χ4n) is 9.10. The quantitative estimate of drug-likeness (QED) is 0.164. The van der Waals surface area contributed by atoms with Crippen molar-refractivity contribution in [3.05, 3.63) is 163 Å². The Labute approximate surface area is 303 Å². The van der Waals surface area contributed by atoms with Crippen molar-refractivity contribution in [3.63, 3.8) is 0 Å². The Kier molecular flexibility index (Phi) is 8.88. The van der Waals surface area contributed by atoms with Crippen LogP contribution in [0.5, 0.6) is 0 Å². The number of rotatable bonds is 7. The minimum Gasteiger partial charge on any atom is -0.309 e. The van der Waals surface area contributed by atoms with Gasteiger partial charge < -0.3 is 4.90 Å². The van der Waals surface area contributed by atoms with E-state index in [9.17, 15) is 0 Å². The molecule has 1 heteroatoms. The van der Waals surface area contributed by atoms with Gasteiger partial charge in [-0.15, -0.1) is 0 Å². The van der Waals surface area contributed by atoms with Crippen molar-refractivity contribution in [2.45, 2.75) is 76.0 Å². The molecule has 9 rings (SSSR count). The predicted octanol–water partition coefficient (Wildman–Crippen LogP) is 14.9. The lowest BCUT2D eigenvalue weighted by Gasteiger charge is -2.30. The van der Waals surface area contributed by atoms with Crippen molar-refractivity contribution in [3.8, 4) is 22.3 Å². The fraction of sp³-hybridized carbons (Fsp3) is 0.240. The summed E-state index contributed by atoms with van der Waals surface area (Å²) in [6.45, 7) is 0. The minimum absolute atomic E-state index is 0.675. The van der Waals surface area contributed by atoms with E-state index in [1.165, 1.54) is 136 Å². The van der Waals surface area contributed by atoms with Gasteiger partial charge in [0.05, 0.1) is 5.69 Å². The molecular formula is C50H47N. The molecule has 0 radical (unpaired) electrons.